The minimum Gasteiger partial charge on any atom is -0.309 e. The Morgan fingerprint density at radius 3 is 1.14 bits per heavy atom. The van der Waals surface area contributed by atoms with E-state index >= 15 is 0 Å². The first-order valence-electron chi connectivity index (χ1n) is 29.9. The van der Waals surface area contributed by atoms with Crippen LogP contribution in [0, 0.1) is 0 Å². The fraction of sp³-hybridized carbons (Fsp3) is 0. The molecule has 6 aromatic heterocycles. The van der Waals surface area contributed by atoms with Gasteiger partial charge in [0.25, 0.3) is 0 Å². The number of hydrogen-bond acceptors (Lipinski definition) is 4. The second-order valence-corrected chi connectivity index (χ2v) is 22.9. The molecule has 13 aromatic carbocycles. The van der Waals surface area contributed by atoms with Crippen LogP contribution in [0.1, 0.15) is 0 Å². The molecule has 0 aliphatic rings. The van der Waals surface area contributed by atoms with Gasteiger partial charge in [0.05, 0.1) is 66.6 Å². The Kier molecular flexibility index (Phi) is 10.3. The first-order valence-corrected chi connectivity index (χ1v) is 29.9. The van der Waals surface area contributed by atoms with Gasteiger partial charge in [0, 0.05) is 76.4 Å². The molecule has 8 nitrogen and oxygen atoms in total. The molecule has 0 saturated carbocycles. The molecular weight excluding hydrogens is 1070 g/mol. The van der Waals surface area contributed by atoms with E-state index in [1.165, 1.54) is 37.8 Å². The minimum absolute atomic E-state index is 0.621. The van der Waals surface area contributed by atoms with E-state index in [9.17, 15) is 0 Å². The van der Waals surface area contributed by atoms with Crippen LogP contribution in [0.4, 0.5) is 0 Å². The predicted molar refractivity (Wildman–Crippen MR) is 364 cm³/mol. The summed E-state index contributed by atoms with van der Waals surface area (Å²) in [4.78, 5) is 21.9. The van der Waals surface area contributed by atoms with Gasteiger partial charge in [0.1, 0.15) is 0 Å². The van der Waals surface area contributed by atoms with Crippen molar-refractivity contribution < 1.29 is 0 Å². The highest BCUT2D eigenvalue weighted by atomic mass is 15.2. The van der Waals surface area contributed by atoms with E-state index in [4.69, 9.17) is 19.9 Å². The van der Waals surface area contributed by atoms with E-state index in [0.717, 1.165) is 127 Å². The number of nitrogens with zero attached hydrogens (tertiary/aromatic N) is 8. The second kappa shape index (κ2) is 18.7. The third-order valence-corrected chi connectivity index (χ3v) is 18.1. The first-order chi connectivity index (χ1) is 43.7. The van der Waals surface area contributed by atoms with Gasteiger partial charge < -0.3 is 9.13 Å². The van der Waals surface area contributed by atoms with Crippen molar-refractivity contribution in [2.24, 2.45) is 0 Å². The normalized spacial score (nSPS) is 12.1. The molecule has 0 radical (unpaired) electrons. The number of hydrogen-bond donors (Lipinski definition) is 0. The maximum absolute atomic E-state index is 5.63. The molecule has 0 fully saturated rings. The fourth-order valence-electron chi connectivity index (χ4n) is 14.4. The second-order valence-electron chi connectivity index (χ2n) is 22.9. The number of benzene rings is 13. The van der Waals surface area contributed by atoms with E-state index in [1.807, 2.05) is 0 Å². The lowest BCUT2D eigenvalue weighted by Gasteiger charge is -2.13. The van der Waals surface area contributed by atoms with Gasteiger partial charge >= 0.3 is 0 Å². The maximum Gasteiger partial charge on any atom is 0.235 e. The third kappa shape index (κ3) is 7.08. The summed E-state index contributed by atoms with van der Waals surface area (Å²) < 4.78 is 9.34. The predicted octanol–water partition coefficient (Wildman–Crippen LogP) is 20.1. The molecule has 6 heterocycles. The zero-order valence-corrected chi connectivity index (χ0v) is 47.3. The van der Waals surface area contributed by atoms with Crippen LogP contribution >= 0.6 is 0 Å². The summed E-state index contributed by atoms with van der Waals surface area (Å²) in [5.74, 6) is 1.25. The van der Waals surface area contributed by atoms with E-state index < -0.39 is 0 Å². The van der Waals surface area contributed by atoms with E-state index in [0.29, 0.717) is 11.9 Å². The average Bonchev–Trinajstić information content (AvgIpc) is 1.60. The lowest BCUT2D eigenvalue weighted by Crippen LogP contribution is -2.03. The van der Waals surface area contributed by atoms with Gasteiger partial charge in [-0.1, -0.05) is 194 Å². The largest absolute Gasteiger partial charge is 0.309 e. The molecule has 0 unspecified atom stereocenters. The van der Waals surface area contributed by atoms with Gasteiger partial charge in [-0.15, -0.1) is 0 Å². The van der Waals surface area contributed by atoms with Crippen LogP contribution in [0.3, 0.4) is 0 Å². The maximum atomic E-state index is 5.63. The standard InChI is InChI=1S/C80H48N8/c1-3-24-55(25-4-1)85-65-35-16-11-30-59(65)73-68(85)42-44-70-74(73)60-31-12-17-36-66(60)87(70)79-81-63-33-14-9-28-57(63)77(83-79)53-23-19-22-51(47-53)52-40-41-62-72(48-52)86(56-26-5-2-6-27-56)69-43-45-71-75(76(62)69)61-32-13-18-37-67(61)88(71)80-82-64-34-15-10-29-58(64)78(84-80)54-39-38-49-20-7-8-21-50(49)46-54/h1-48H. The first kappa shape index (κ1) is 48.4. The SMILES string of the molecule is c1ccc(-n2c3ccccc3c3c4c5ccccc5n(-c5nc(-c6cccc(-c7ccc8c9c%10c%11ccccc%11n(-c%11nc(-c%12ccc%13ccccc%13c%12)c%12ccccc%12n%11)c%10ccc9n(-c9ccccc9)c8c7)c6)c6ccccc6n5)c4ccc32)cc1. The van der Waals surface area contributed by atoms with Crippen molar-refractivity contribution in [1.29, 1.82) is 0 Å². The fourth-order valence-corrected chi connectivity index (χ4v) is 14.4. The lowest BCUT2D eigenvalue weighted by molar-refractivity contribution is 1.01. The highest BCUT2D eigenvalue weighted by Gasteiger charge is 2.26. The van der Waals surface area contributed by atoms with Crippen molar-refractivity contribution in [2.45, 2.75) is 0 Å². The molecule has 408 valence electrons. The number of fused-ring (bicyclic) bond motifs is 17. The molecule has 19 aromatic rings. The van der Waals surface area contributed by atoms with Crippen LogP contribution in [0.25, 0.3) is 177 Å². The van der Waals surface area contributed by atoms with Crippen molar-refractivity contribution in [3.8, 4) is 56.9 Å². The molecule has 88 heavy (non-hydrogen) atoms. The minimum atomic E-state index is 0.621. The molecular formula is C80H48N8. The Hall–Kier alpha value is -12.0. The topological polar surface area (TPSA) is 71.3 Å². The molecule has 0 amide bonds. The Bertz CT molecular complexity index is 6130. The van der Waals surface area contributed by atoms with Crippen LogP contribution in [0.5, 0.6) is 0 Å². The van der Waals surface area contributed by atoms with Crippen molar-refractivity contribution in [3.05, 3.63) is 291 Å². The quantitative estimate of drug-likeness (QED) is 0.159. The molecule has 0 aliphatic heterocycles. The highest BCUT2D eigenvalue weighted by Crippen LogP contribution is 2.46. The van der Waals surface area contributed by atoms with Crippen molar-refractivity contribution in [3.63, 3.8) is 0 Å². The van der Waals surface area contributed by atoms with Crippen molar-refractivity contribution in [1.82, 2.24) is 38.2 Å². The van der Waals surface area contributed by atoms with Crippen LogP contribution in [0.2, 0.25) is 0 Å². The molecule has 0 spiro atoms. The molecule has 0 saturated heterocycles. The third-order valence-electron chi connectivity index (χ3n) is 18.1. The van der Waals surface area contributed by atoms with Crippen LogP contribution in [0.15, 0.2) is 291 Å². The van der Waals surface area contributed by atoms with Crippen molar-refractivity contribution >= 4 is 120 Å². The number of rotatable bonds is 7. The molecule has 19 rings (SSSR count). The molecule has 0 aliphatic carbocycles. The molecule has 0 N–H and O–H groups in total. The average molecular weight is 1120 g/mol. The zero-order valence-electron chi connectivity index (χ0n) is 47.3. The number of para-hydroxylation sites is 7. The molecule has 8 heteroatoms. The van der Waals surface area contributed by atoms with E-state index in [-0.39, 0.29) is 0 Å². The van der Waals surface area contributed by atoms with Gasteiger partial charge in [-0.05, 0) is 119 Å². The van der Waals surface area contributed by atoms with Crippen LogP contribution < -0.4 is 0 Å². The summed E-state index contributed by atoms with van der Waals surface area (Å²) in [5.41, 5.74) is 18.7. The smallest absolute Gasteiger partial charge is 0.235 e. The summed E-state index contributed by atoms with van der Waals surface area (Å²) in [6, 6.07) is 104. The van der Waals surface area contributed by atoms with Gasteiger partial charge in [-0.3, -0.25) is 9.13 Å². The van der Waals surface area contributed by atoms with Crippen molar-refractivity contribution in [2.75, 3.05) is 0 Å². The zero-order chi connectivity index (χ0) is 57.6. The Morgan fingerprint density at radius 1 is 0.205 bits per heavy atom. The van der Waals surface area contributed by atoms with Crippen LogP contribution in [-0.2, 0) is 0 Å². The summed E-state index contributed by atoms with van der Waals surface area (Å²) in [5, 5.41) is 13.7. The highest BCUT2D eigenvalue weighted by molar-refractivity contribution is 6.30. The lowest BCUT2D eigenvalue weighted by atomic mass is 9.98. The Morgan fingerprint density at radius 2 is 0.591 bits per heavy atom. The summed E-state index contributed by atoms with van der Waals surface area (Å²) >= 11 is 0. The molecule has 0 bridgehead atoms. The number of aromatic nitrogens is 8. The monoisotopic (exact) mass is 1120 g/mol. The summed E-state index contributed by atoms with van der Waals surface area (Å²) in [6.45, 7) is 0. The van der Waals surface area contributed by atoms with E-state index in [2.05, 4.69) is 309 Å². The Labute approximate surface area is 503 Å². The van der Waals surface area contributed by atoms with Crippen LogP contribution in [-0.4, -0.2) is 38.2 Å². The summed E-state index contributed by atoms with van der Waals surface area (Å²) in [6.07, 6.45) is 0. The van der Waals surface area contributed by atoms with Gasteiger partial charge in [-0.25, -0.2) is 19.9 Å². The van der Waals surface area contributed by atoms with E-state index in [1.54, 1.807) is 0 Å². The van der Waals surface area contributed by atoms with Gasteiger partial charge in [0.15, 0.2) is 0 Å². The van der Waals surface area contributed by atoms with Gasteiger partial charge in [0.2, 0.25) is 11.9 Å². The van der Waals surface area contributed by atoms with Gasteiger partial charge in [-0.2, -0.15) is 0 Å². The summed E-state index contributed by atoms with van der Waals surface area (Å²) in [7, 11) is 0. The molecule has 0 atom stereocenters. The Balaban J connectivity index is 0.791.